The second-order valence-electron chi connectivity index (χ2n) is 6.70. The zero-order valence-electron chi connectivity index (χ0n) is 15.1. The van der Waals surface area contributed by atoms with Crippen LogP contribution in [0.25, 0.3) is 0 Å². The van der Waals surface area contributed by atoms with Gasteiger partial charge in [-0.2, -0.15) is 13.2 Å². The Morgan fingerprint density at radius 2 is 1.78 bits per heavy atom. The Balaban J connectivity index is 1.63. The number of carbonyl (C=O) groups excluding carboxylic acids is 1. The Bertz CT molecular complexity index is 573. The summed E-state index contributed by atoms with van der Waals surface area (Å²) in [5.74, 6) is 0.452. The lowest BCUT2D eigenvalue weighted by atomic mass is 9.87. The van der Waals surface area contributed by atoms with Crippen LogP contribution in [0.4, 0.5) is 18.0 Å². The van der Waals surface area contributed by atoms with E-state index in [-0.39, 0.29) is 5.75 Å². The molecule has 27 heavy (non-hydrogen) atoms. The number of ether oxygens (including phenoxy) is 2. The van der Waals surface area contributed by atoms with Crippen molar-refractivity contribution in [2.75, 3.05) is 18.5 Å². The van der Waals surface area contributed by atoms with Crippen LogP contribution in [0.2, 0.25) is 0 Å². The number of nitrogens with one attached hydrogen (secondary N) is 1. The molecule has 0 saturated heterocycles. The van der Waals surface area contributed by atoms with Crippen LogP contribution in [0.3, 0.4) is 0 Å². The second kappa shape index (κ2) is 10.9. The monoisotopic (exact) mass is 451 g/mol. The topological polar surface area (TPSA) is 47.6 Å². The Morgan fingerprint density at radius 3 is 2.37 bits per heavy atom. The molecule has 1 N–H and O–H groups in total. The molecule has 0 unspecified atom stereocenters. The van der Waals surface area contributed by atoms with Gasteiger partial charge in [-0.1, -0.05) is 15.9 Å². The fourth-order valence-corrected chi connectivity index (χ4v) is 3.43. The maximum Gasteiger partial charge on any atom is 0.416 e. The summed E-state index contributed by atoms with van der Waals surface area (Å²) in [6.07, 6.45) is 1.33. The molecule has 1 aromatic rings. The molecule has 0 aliphatic heterocycles. The second-order valence-corrected chi connectivity index (χ2v) is 7.50. The van der Waals surface area contributed by atoms with Gasteiger partial charge >= 0.3 is 12.3 Å². The summed E-state index contributed by atoms with van der Waals surface area (Å²) < 4.78 is 48.4. The molecular weight excluding hydrogens is 427 g/mol. The van der Waals surface area contributed by atoms with Crippen molar-refractivity contribution in [2.45, 2.75) is 50.8 Å². The molecular formula is C19H25BrF3NO3. The number of carbonyl (C=O) groups is 1. The Morgan fingerprint density at radius 1 is 1.11 bits per heavy atom. The molecule has 1 fully saturated rings. The number of unbranched alkanes of at least 4 members (excludes halogenated alkanes) is 1. The van der Waals surface area contributed by atoms with Gasteiger partial charge in [0.05, 0.1) is 11.7 Å². The number of alkyl halides is 4. The van der Waals surface area contributed by atoms with Crippen molar-refractivity contribution in [3.05, 3.63) is 29.8 Å². The molecule has 152 valence electrons. The van der Waals surface area contributed by atoms with Gasteiger partial charge in [0, 0.05) is 18.5 Å². The lowest BCUT2D eigenvalue weighted by molar-refractivity contribution is -0.137. The minimum absolute atomic E-state index is 0.0843. The summed E-state index contributed by atoms with van der Waals surface area (Å²) >= 11 is 3.40. The number of benzene rings is 1. The molecule has 1 aliphatic rings. The lowest BCUT2D eigenvalue weighted by Crippen LogP contribution is -2.34. The maximum absolute atomic E-state index is 12.5. The van der Waals surface area contributed by atoms with Crippen LogP contribution in [0.15, 0.2) is 24.3 Å². The number of amides is 1. The first-order valence-electron chi connectivity index (χ1n) is 9.19. The largest absolute Gasteiger partial charge is 0.416 e. The SMILES string of the molecule is O=C(NCC1CCC(OCCCCBr)CC1)Oc1ccc(C(F)(F)F)cc1. The molecule has 2 rings (SSSR count). The van der Waals surface area contributed by atoms with E-state index in [9.17, 15) is 18.0 Å². The van der Waals surface area contributed by atoms with Gasteiger partial charge in [-0.3, -0.25) is 0 Å². The van der Waals surface area contributed by atoms with E-state index in [0.717, 1.165) is 74.7 Å². The molecule has 4 nitrogen and oxygen atoms in total. The van der Waals surface area contributed by atoms with E-state index in [1.165, 1.54) is 0 Å². The van der Waals surface area contributed by atoms with Crippen LogP contribution in [0.1, 0.15) is 44.1 Å². The number of halogens is 4. The van der Waals surface area contributed by atoms with Crippen molar-refractivity contribution in [3.8, 4) is 5.75 Å². The molecule has 0 heterocycles. The number of hydrogen-bond donors (Lipinski definition) is 1. The lowest BCUT2D eigenvalue weighted by Gasteiger charge is -2.28. The third-order valence-electron chi connectivity index (χ3n) is 4.60. The normalized spacial score (nSPS) is 20.3. The molecule has 1 amide bonds. The van der Waals surface area contributed by atoms with Crippen molar-refractivity contribution < 1.29 is 27.4 Å². The maximum atomic E-state index is 12.5. The summed E-state index contributed by atoms with van der Waals surface area (Å²) in [5, 5.41) is 3.69. The smallest absolute Gasteiger partial charge is 0.410 e. The van der Waals surface area contributed by atoms with E-state index >= 15 is 0 Å². The van der Waals surface area contributed by atoms with Gasteiger partial charge in [0.15, 0.2) is 0 Å². The van der Waals surface area contributed by atoms with Crippen molar-refractivity contribution in [2.24, 2.45) is 5.92 Å². The molecule has 8 heteroatoms. The van der Waals surface area contributed by atoms with Gasteiger partial charge in [0.2, 0.25) is 0 Å². The van der Waals surface area contributed by atoms with Crippen molar-refractivity contribution in [1.82, 2.24) is 5.32 Å². The highest BCUT2D eigenvalue weighted by molar-refractivity contribution is 9.09. The first kappa shape index (κ1) is 22.0. The number of rotatable bonds is 8. The molecule has 1 aromatic carbocycles. The van der Waals surface area contributed by atoms with Crippen molar-refractivity contribution >= 4 is 22.0 Å². The Hall–Kier alpha value is -1.28. The standard InChI is InChI=1S/C19H25BrF3NO3/c20-11-1-2-12-26-16-7-3-14(4-8-16)13-24-18(25)27-17-9-5-15(6-10-17)19(21,22)23/h5-6,9-10,14,16H,1-4,7-8,11-13H2,(H,24,25). The van der Waals surface area contributed by atoms with Crippen LogP contribution in [-0.2, 0) is 10.9 Å². The fraction of sp³-hybridized carbons (Fsp3) is 0.632. The van der Waals surface area contributed by atoms with Gasteiger partial charge in [-0.15, -0.1) is 0 Å². The highest BCUT2D eigenvalue weighted by atomic mass is 79.9. The molecule has 0 bridgehead atoms. The average molecular weight is 452 g/mol. The third-order valence-corrected chi connectivity index (χ3v) is 5.16. The zero-order valence-corrected chi connectivity index (χ0v) is 16.7. The van der Waals surface area contributed by atoms with Gasteiger partial charge in [-0.25, -0.2) is 4.79 Å². The van der Waals surface area contributed by atoms with Gasteiger partial charge in [0.25, 0.3) is 0 Å². The zero-order chi connectivity index (χ0) is 19.7. The molecule has 0 atom stereocenters. The summed E-state index contributed by atoms with van der Waals surface area (Å²) in [6.45, 7) is 1.29. The minimum Gasteiger partial charge on any atom is -0.410 e. The van der Waals surface area contributed by atoms with Gasteiger partial charge in [0.1, 0.15) is 5.75 Å². The van der Waals surface area contributed by atoms with Crippen molar-refractivity contribution in [1.29, 1.82) is 0 Å². The Labute approximate surface area is 165 Å². The van der Waals surface area contributed by atoms with E-state index in [1.54, 1.807) is 0 Å². The van der Waals surface area contributed by atoms with Crippen LogP contribution in [-0.4, -0.2) is 30.7 Å². The quantitative estimate of drug-likeness (QED) is 0.416. The van der Waals surface area contributed by atoms with E-state index in [4.69, 9.17) is 9.47 Å². The molecule has 0 aromatic heterocycles. The van der Waals surface area contributed by atoms with Crippen LogP contribution < -0.4 is 10.1 Å². The van der Waals surface area contributed by atoms with E-state index < -0.39 is 17.8 Å². The Kier molecular flexibility index (Phi) is 8.89. The predicted molar refractivity (Wildman–Crippen MR) is 100 cm³/mol. The third kappa shape index (κ3) is 8.09. The van der Waals surface area contributed by atoms with Gasteiger partial charge in [-0.05, 0) is 68.7 Å². The minimum atomic E-state index is -4.41. The molecule has 1 saturated carbocycles. The first-order valence-corrected chi connectivity index (χ1v) is 10.3. The summed E-state index contributed by atoms with van der Waals surface area (Å²) in [6, 6.07) is 4.06. The molecule has 1 aliphatic carbocycles. The highest BCUT2D eigenvalue weighted by Crippen LogP contribution is 2.30. The summed E-state index contributed by atoms with van der Waals surface area (Å²) in [4.78, 5) is 11.8. The van der Waals surface area contributed by atoms with Gasteiger partial charge < -0.3 is 14.8 Å². The fourth-order valence-electron chi connectivity index (χ4n) is 3.03. The van der Waals surface area contributed by atoms with Crippen LogP contribution in [0, 0.1) is 5.92 Å². The summed E-state index contributed by atoms with van der Waals surface area (Å²) in [5.41, 5.74) is -0.776. The summed E-state index contributed by atoms with van der Waals surface area (Å²) in [7, 11) is 0. The average Bonchev–Trinajstić information content (AvgIpc) is 2.64. The predicted octanol–water partition coefficient (Wildman–Crippen LogP) is 5.54. The van der Waals surface area contributed by atoms with Crippen molar-refractivity contribution in [3.63, 3.8) is 0 Å². The molecule has 0 radical (unpaired) electrons. The highest BCUT2D eigenvalue weighted by Gasteiger charge is 2.30. The van der Waals surface area contributed by atoms with Crippen LogP contribution >= 0.6 is 15.9 Å². The van der Waals surface area contributed by atoms with E-state index in [0.29, 0.717) is 18.6 Å². The van der Waals surface area contributed by atoms with E-state index in [2.05, 4.69) is 21.2 Å². The number of hydrogen-bond acceptors (Lipinski definition) is 3. The van der Waals surface area contributed by atoms with Crippen LogP contribution in [0.5, 0.6) is 5.75 Å². The first-order chi connectivity index (χ1) is 12.9. The molecule has 0 spiro atoms. The van der Waals surface area contributed by atoms with E-state index in [1.807, 2.05) is 0 Å².